The summed E-state index contributed by atoms with van der Waals surface area (Å²) in [5.74, 6) is -0.779. The van der Waals surface area contributed by atoms with Crippen LogP contribution in [-0.2, 0) is 18.3 Å². The Morgan fingerprint density at radius 2 is 2.10 bits per heavy atom. The number of hydrogen-bond donors (Lipinski definition) is 2. The second-order valence-electron chi connectivity index (χ2n) is 7.63. The van der Waals surface area contributed by atoms with Crippen molar-refractivity contribution in [1.29, 1.82) is 0 Å². The van der Waals surface area contributed by atoms with Crippen LogP contribution in [0.3, 0.4) is 0 Å². The number of methoxy groups -OCH3 is 1. The zero-order valence-electron chi connectivity index (χ0n) is 17.9. The van der Waals surface area contributed by atoms with Gasteiger partial charge in [0.25, 0.3) is 11.5 Å². The Morgan fingerprint density at radius 1 is 1.37 bits per heavy atom. The molecular formula is C21H29N5O4. The van der Waals surface area contributed by atoms with Gasteiger partial charge in [0.1, 0.15) is 5.82 Å². The number of hydrogen-bond acceptors (Lipinski definition) is 7. The van der Waals surface area contributed by atoms with Crippen LogP contribution in [0.2, 0.25) is 0 Å². The van der Waals surface area contributed by atoms with Gasteiger partial charge in [-0.25, -0.2) is 4.98 Å². The SMILES string of the molecule is COCN1CCCC1c1nc(C(=O)NCc2ccccc2N(C)C)c(O)c(=O)n1C. The molecule has 9 nitrogen and oxygen atoms in total. The first-order valence-electron chi connectivity index (χ1n) is 9.91. The minimum absolute atomic E-state index is 0.149. The fraction of sp³-hybridized carbons (Fsp3) is 0.476. The molecule has 162 valence electrons. The molecule has 0 spiro atoms. The number of rotatable bonds is 7. The summed E-state index contributed by atoms with van der Waals surface area (Å²) in [5.41, 5.74) is 1.00. The molecule has 1 amide bonds. The van der Waals surface area contributed by atoms with Crippen molar-refractivity contribution >= 4 is 11.6 Å². The predicted octanol–water partition coefficient (Wildman–Crippen LogP) is 1.22. The van der Waals surface area contributed by atoms with E-state index in [1.54, 1.807) is 14.2 Å². The van der Waals surface area contributed by atoms with Crippen molar-refractivity contribution in [3.8, 4) is 5.75 Å². The van der Waals surface area contributed by atoms with Gasteiger partial charge in [-0.15, -0.1) is 0 Å². The molecular weight excluding hydrogens is 386 g/mol. The maximum Gasteiger partial charge on any atom is 0.296 e. The molecule has 2 N–H and O–H groups in total. The van der Waals surface area contributed by atoms with Crippen LogP contribution in [0.25, 0.3) is 0 Å². The topological polar surface area (TPSA) is 99.9 Å². The van der Waals surface area contributed by atoms with Crippen LogP contribution < -0.4 is 15.8 Å². The summed E-state index contributed by atoms with van der Waals surface area (Å²) in [6.07, 6.45) is 1.74. The lowest BCUT2D eigenvalue weighted by Crippen LogP contribution is -2.34. The highest BCUT2D eigenvalue weighted by Crippen LogP contribution is 2.30. The first kappa shape index (κ1) is 21.8. The number of likely N-dealkylation sites (tertiary alicyclic amines) is 1. The molecule has 1 aliphatic rings. The molecule has 0 radical (unpaired) electrons. The van der Waals surface area contributed by atoms with Crippen molar-refractivity contribution in [3.05, 3.63) is 51.7 Å². The highest BCUT2D eigenvalue weighted by atomic mass is 16.5. The number of nitrogens with one attached hydrogen (secondary N) is 1. The van der Waals surface area contributed by atoms with Gasteiger partial charge in [0, 0.05) is 47.0 Å². The number of carbonyl (C=O) groups excluding carboxylic acids is 1. The first-order valence-corrected chi connectivity index (χ1v) is 9.91. The van der Waals surface area contributed by atoms with Crippen molar-refractivity contribution in [2.45, 2.75) is 25.4 Å². The third-order valence-electron chi connectivity index (χ3n) is 5.39. The molecule has 0 aliphatic carbocycles. The smallest absolute Gasteiger partial charge is 0.296 e. The number of para-hydroxylation sites is 1. The molecule has 1 aromatic carbocycles. The van der Waals surface area contributed by atoms with Crippen molar-refractivity contribution in [2.24, 2.45) is 7.05 Å². The molecule has 30 heavy (non-hydrogen) atoms. The summed E-state index contributed by atoms with van der Waals surface area (Å²) in [7, 11) is 7.02. The molecule has 1 atom stereocenters. The lowest BCUT2D eigenvalue weighted by molar-refractivity contribution is 0.0510. The van der Waals surface area contributed by atoms with E-state index in [0.717, 1.165) is 30.6 Å². The number of ether oxygens (including phenoxy) is 1. The molecule has 1 aromatic heterocycles. The average molecular weight is 415 g/mol. The number of anilines is 1. The van der Waals surface area contributed by atoms with Crippen molar-refractivity contribution in [3.63, 3.8) is 0 Å². The van der Waals surface area contributed by atoms with Gasteiger partial charge in [-0.3, -0.25) is 19.1 Å². The third kappa shape index (κ3) is 4.31. The maximum absolute atomic E-state index is 12.8. The summed E-state index contributed by atoms with van der Waals surface area (Å²) in [4.78, 5) is 33.8. The number of aromatic hydroxyl groups is 1. The number of benzene rings is 1. The molecule has 3 rings (SSSR count). The lowest BCUT2D eigenvalue weighted by atomic mass is 10.1. The Bertz CT molecular complexity index is 972. The Kier molecular flexibility index (Phi) is 6.73. The Labute approximate surface area is 175 Å². The van der Waals surface area contributed by atoms with Gasteiger partial charge in [0.2, 0.25) is 5.75 Å². The molecule has 1 saturated heterocycles. The minimum atomic E-state index is -0.643. The standard InChI is InChI=1S/C21H29N5O4/c1-24(2)15-9-6-5-8-14(15)12-22-20(28)17-18(27)21(29)25(3)19(23-17)16-10-7-11-26(16)13-30-4/h5-6,8-9,16,27H,7,10-13H2,1-4H3,(H,22,28). The highest BCUT2D eigenvalue weighted by Gasteiger charge is 2.31. The fourth-order valence-electron chi connectivity index (χ4n) is 3.86. The van der Waals surface area contributed by atoms with E-state index in [-0.39, 0.29) is 18.3 Å². The Balaban J connectivity index is 1.88. The second-order valence-corrected chi connectivity index (χ2v) is 7.63. The minimum Gasteiger partial charge on any atom is -0.501 e. The quantitative estimate of drug-likeness (QED) is 0.701. The first-order chi connectivity index (χ1) is 14.3. The zero-order valence-corrected chi connectivity index (χ0v) is 17.9. The van der Waals surface area contributed by atoms with E-state index in [1.165, 1.54) is 4.57 Å². The number of carbonyl (C=O) groups is 1. The summed E-state index contributed by atoms with van der Waals surface area (Å²) >= 11 is 0. The van der Waals surface area contributed by atoms with Crippen LogP contribution in [0.4, 0.5) is 5.69 Å². The van der Waals surface area contributed by atoms with Gasteiger partial charge in [0.05, 0.1) is 12.8 Å². The van der Waals surface area contributed by atoms with E-state index >= 15 is 0 Å². The summed E-state index contributed by atoms with van der Waals surface area (Å²) in [5, 5.41) is 13.1. The Morgan fingerprint density at radius 3 is 2.80 bits per heavy atom. The van der Waals surface area contributed by atoms with Crippen LogP contribution >= 0.6 is 0 Å². The van der Waals surface area contributed by atoms with Gasteiger partial charge in [0.15, 0.2) is 5.69 Å². The van der Waals surface area contributed by atoms with E-state index in [9.17, 15) is 14.7 Å². The van der Waals surface area contributed by atoms with E-state index in [4.69, 9.17) is 4.74 Å². The normalized spacial score (nSPS) is 16.6. The van der Waals surface area contributed by atoms with Crippen molar-refractivity contribution in [1.82, 2.24) is 19.8 Å². The second kappa shape index (κ2) is 9.27. The van der Waals surface area contributed by atoms with Gasteiger partial charge >= 0.3 is 0 Å². The molecule has 1 fully saturated rings. The molecule has 0 saturated carbocycles. The summed E-state index contributed by atoms with van der Waals surface area (Å²) in [6.45, 7) is 1.47. The predicted molar refractivity (Wildman–Crippen MR) is 114 cm³/mol. The van der Waals surface area contributed by atoms with Gasteiger partial charge in [-0.2, -0.15) is 0 Å². The molecule has 9 heteroatoms. The molecule has 2 aromatic rings. The fourth-order valence-corrected chi connectivity index (χ4v) is 3.86. The van der Waals surface area contributed by atoms with Gasteiger partial charge < -0.3 is 20.1 Å². The Hall–Kier alpha value is -2.91. The largest absolute Gasteiger partial charge is 0.501 e. The lowest BCUT2D eigenvalue weighted by Gasteiger charge is -2.25. The van der Waals surface area contributed by atoms with E-state index in [1.807, 2.05) is 43.3 Å². The van der Waals surface area contributed by atoms with Crippen LogP contribution in [0.5, 0.6) is 5.75 Å². The van der Waals surface area contributed by atoms with E-state index in [2.05, 4.69) is 15.2 Å². The number of amides is 1. The molecule has 0 bridgehead atoms. The van der Waals surface area contributed by atoms with E-state index in [0.29, 0.717) is 12.6 Å². The summed E-state index contributed by atoms with van der Waals surface area (Å²) in [6, 6.07) is 7.54. The van der Waals surface area contributed by atoms with Crippen LogP contribution in [0, 0.1) is 0 Å². The monoisotopic (exact) mass is 415 g/mol. The van der Waals surface area contributed by atoms with Crippen molar-refractivity contribution in [2.75, 3.05) is 39.4 Å². The van der Waals surface area contributed by atoms with Gasteiger partial charge in [-0.1, -0.05) is 18.2 Å². The van der Waals surface area contributed by atoms with Crippen LogP contribution in [-0.4, -0.2) is 59.9 Å². The van der Waals surface area contributed by atoms with Crippen molar-refractivity contribution < 1.29 is 14.6 Å². The van der Waals surface area contributed by atoms with E-state index < -0.39 is 17.2 Å². The third-order valence-corrected chi connectivity index (χ3v) is 5.39. The molecule has 1 unspecified atom stereocenters. The van der Waals surface area contributed by atoms with Gasteiger partial charge in [-0.05, 0) is 24.5 Å². The summed E-state index contributed by atoms with van der Waals surface area (Å²) < 4.78 is 6.56. The maximum atomic E-state index is 12.8. The molecule has 2 heterocycles. The van der Waals surface area contributed by atoms with Crippen LogP contribution in [0.15, 0.2) is 29.1 Å². The molecule has 1 aliphatic heterocycles. The number of aromatic nitrogens is 2. The average Bonchev–Trinajstić information content (AvgIpc) is 3.19. The number of nitrogens with zero attached hydrogens (tertiary/aromatic N) is 4. The van der Waals surface area contributed by atoms with Crippen LogP contribution in [0.1, 0.15) is 40.8 Å². The highest BCUT2D eigenvalue weighted by molar-refractivity contribution is 5.94. The zero-order chi connectivity index (χ0) is 21.8.